The molecule has 4 nitrogen and oxygen atoms in total. The maximum atomic E-state index is 12.2. The Labute approximate surface area is 156 Å². The maximum absolute atomic E-state index is 12.2. The normalized spacial score (nSPS) is 12.5. The summed E-state index contributed by atoms with van der Waals surface area (Å²) < 4.78 is 40.4. The summed E-state index contributed by atoms with van der Waals surface area (Å²) in [5.74, 6) is -0.281. The van der Waals surface area contributed by atoms with E-state index in [9.17, 15) is 13.2 Å². The van der Waals surface area contributed by atoms with Crippen LogP contribution in [0.15, 0.2) is 54.6 Å². The van der Waals surface area contributed by atoms with Gasteiger partial charge in [0.15, 0.2) is 5.11 Å². The molecule has 26 heavy (non-hydrogen) atoms. The second-order valence-electron chi connectivity index (χ2n) is 5.90. The highest BCUT2D eigenvalue weighted by Crippen LogP contribution is 2.24. The van der Waals surface area contributed by atoms with E-state index in [4.69, 9.17) is 12.2 Å². The molecule has 0 radical (unpaired) electrons. The van der Waals surface area contributed by atoms with Crippen molar-refractivity contribution in [3.05, 3.63) is 60.2 Å². The van der Waals surface area contributed by atoms with Crippen LogP contribution in [0.25, 0.3) is 0 Å². The van der Waals surface area contributed by atoms with Crippen LogP contribution in [0.3, 0.4) is 0 Å². The van der Waals surface area contributed by atoms with Gasteiger partial charge in [-0.1, -0.05) is 30.3 Å². The summed E-state index contributed by atoms with van der Waals surface area (Å²) in [7, 11) is 3.93. The van der Waals surface area contributed by atoms with Crippen molar-refractivity contribution < 1.29 is 17.9 Å². The summed E-state index contributed by atoms with van der Waals surface area (Å²) in [4.78, 5) is 2.04. The zero-order valence-electron chi connectivity index (χ0n) is 14.4. The van der Waals surface area contributed by atoms with Crippen molar-refractivity contribution in [1.29, 1.82) is 0 Å². The average molecular weight is 383 g/mol. The van der Waals surface area contributed by atoms with Crippen molar-refractivity contribution >= 4 is 23.0 Å². The second-order valence-corrected chi connectivity index (χ2v) is 6.30. The third-order valence-corrected chi connectivity index (χ3v) is 3.62. The van der Waals surface area contributed by atoms with Gasteiger partial charge in [-0.25, -0.2) is 0 Å². The van der Waals surface area contributed by atoms with E-state index in [0.717, 1.165) is 12.1 Å². The molecular weight excluding hydrogens is 363 g/mol. The largest absolute Gasteiger partial charge is 0.573 e. The SMILES string of the molecule is CN(C)C[C@@H](NC(=S)Nc1ccc(OC(F)(F)F)cc1)c1ccccc1. The number of nitrogens with one attached hydrogen (secondary N) is 2. The fourth-order valence-electron chi connectivity index (χ4n) is 2.35. The minimum atomic E-state index is -4.71. The Morgan fingerprint density at radius 3 is 2.23 bits per heavy atom. The number of rotatable bonds is 6. The van der Waals surface area contributed by atoms with Crippen LogP contribution in [0.2, 0.25) is 0 Å². The second kappa shape index (κ2) is 8.86. The topological polar surface area (TPSA) is 36.5 Å². The number of nitrogens with zero attached hydrogens (tertiary/aromatic N) is 1. The van der Waals surface area contributed by atoms with E-state index in [1.807, 2.05) is 49.3 Å². The molecule has 140 valence electrons. The summed E-state index contributed by atoms with van der Waals surface area (Å²) >= 11 is 5.33. The summed E-state index contributed by atoms with van der Waals surface area (Å²) in [5.41, 5.74) is 1.65. The first-order chi connectivity index (χ1) is 12.2. The molecule has 0 saturated carbocycles. The molecule has 2 aromatic rings. The summed E-state index contributed by atoms with van der Waals surface area (Å²) in [6.45, 7) is 0.726. The van der Waals surface area contributed by atoms with E-state index in [1.54, 1.807) is 0 Å². The van der Waals surface area contributed by atoms with Crippen LogP contribution in [0.5, 0.6) is 5.75 Å². The molecule has 2 aromatic carbocycles. The van der Waals surface area contributed by atoms with Crippen LogP contribution in [0.4, 0.5) is 18.9 Å². The summed E-state index contributed by atoms with van der Waals surface area (Å²) in [5, 5.41) is 6.58. The minimum absolute atomic E-state index is 0.0287. The molecular formula is C18H20F3N3OS. The summed E-state index contributed by atoms with van der Waals surface area (Å²) in [6, 6.07) is 15.2. The van der Waals surface area contributed by atoms with E-state index in [2.05, 4.69) is 15.4 Å². The highest BCUT2D eigenvalue weighted by atomic mass is 32.1. The molecule has 2 rings (SSSR count). The molecule has 0 aromatic heterocycles. The number of halogens is 3. The van der Waals surface area contributed by atoms with Crippen molar-refractivity contribution in [3.63, 3.8) is 0 Å². The number of alkyl halides is 3. The lowest BCUT2D eigenvalue weighted by Crippen LogP contribution is -2.37. The number of thiocarbonyl (C=S) groups is 1. The molecule has 0 aliphatic rings. The Hall–Kier alpha value is -2.32. The van der Waals surface area contributed by atoms with Gasteiger partial charge < -0.3 is 20.3 Å². The highest BCUT2D eigenvalue weighted by molar-refractivity contribution is 7.80. The fraction of sp³-hybridized carbons (Fsp3) is 0.278. The van der Waals surface area contributed by atoms with Gasteiger partial charge in [-0.05, 0) is 56.1 Å². The van der Waals surface area contributed by atoms with Crippen molar-refractivity contribution in [2.45, 2.75) is 12.4 Å². The molecule has 8 heteroatoms. The monoisotopic (exact) mass is 383 g/mol. The number of anilines is 1. The fourth-order valence-corrected chi connectivity index (χ4v) is 2.61. The van der Waals surface area contributed by atoms with Gasteiger partial charge in [0, 0.05) is 12.2 Å². The van der Waals surface area contributed by atoms with Crippen molar-refractivity contribution in [2.75, 3.05) is 26.0 Å². The lowest BCUT2D eigenvalue weighted by molar-refractivity contribution is -0.274. The molecule has 0 bridgehead atoms. The van der Waals surface area contributed by atoms with E-state index < -0.39 is 6.36 Å². The van der Waals surface area contributed by atoms with Gasteiger partial charge in [0.05, 0.1) is 6.04 Å². The maximum Gasteiger partial charge on any atom is 0.573 e. The molecule has 0 amide bonds. The summed E-state index contributed by atoms with van der Waals surface area (Å²) in [6.07, 6.45) is -4.71. The predicted octanol–water partition coefficient (Wildman–Crippen LogP) is 4.17. The van der Waals surface area contributed by atoms with Crippen LogP contribution in [0, 0.1) is 0 Å². The number of benzene rings is 2. The van der Waals surface area contributed by atoms with E-state index in [1.165, 1.54) is 24.3 Å². The first-order valence-corrected chi connectivity index (χ1v) is 8.27. The van der Waals surface area contributed by atoms with Gasteiger partial charge in [-0.2, -0.15) is 0 Å². The van der Waals surface area contributed by atoms with Crippen LogP contribution in [-0.2, 0) is 0 Å². The van der Waals surface area contributed by atoms with Crippen molar-refractivity contribution in [1.82, 2.24) is 10.2 Å². The van der Waals surface area contributed by atoms with Crippen molar-refractivity contribution in [3.8, 4) is 5.75 Å². The molecule has 0 aliphatic heterocycles. The zero-order valence-corrected chi connectivity index (χ0v) is 15.2. The third-order valence-electron chi connectivity index (χ3n) is 3.40. The lowest BCUT2D eigenvalue weighted by Gasteiger charge is -2.24. The predicted molar refractivity (Wildman–Crippen MR) is 100 cm³/mol. The molecule has 0 aliphatic carbocycles. The van der Waals surface area contributed by atoms with E-state index >= 15 is 0 Å². The molecule has 0 saturated heterocycles. The number of likely N-dealkylation sites (N-methyl/N-ethyl adjacent to an activating group) is 1. The Kier molecular flexibility index (Phi) is 6.82. The highest BCUT2D eigenvalue weighted by Gasteiger charge is 2.30. The van der Waals surface area contributed by atoms with Gasteiger partial charge in [0.1, 0.15) is 5.75 Å². The third kappa shape index (κ3) is 6.89. The first-order valence-electron chi connectivity index (χ1n) is 7.86. The Bertz CT molecular complexity index is 706. The Morgan fingerprint density at radius 1 is 1.08 bits per heavy atom. The van der Waals surface area contributed by atoms with Crippen LogP contribution in [-0.4, -0.2) is 37.0 Å². The van der Waals surface area contributed by atoms with Gasteiger partial charge in [-0.15, -0.1) is 13.2 Å². The Morgan fingerprint density at radius 2 is 1.69 bits per heavy atom. The molecule has 1 atom stereocenters. The van der Waals surface area contributed by atoms with Crippen molar-refractivity contribution in [2.24, 2.45) is 0 Å². The van der Waals surface area contributed by atoms with E-state index in [0.29, 0.717) is 10.8 Å². The molecule has 0 unspecified atom stereocenters. The number of hydrogen-bond donors (Lipinski definition) is 2. The van der Waals surface area contributed by atoms with Gasteiger partial charge in [-0.3, -0.25) is 0 Å². The van der Waals surface area contributed by atoms with Crippen LogP contribution >= 0.6 is 12.2 Å². The van der Waals surface area contributed by atoms with Gasteiger partial charge in [0.25, 0.3) is 0 Å². The average Bonchev–Trinajstić information content (AvgIpc) is 2.55. The standard InChI is InChI=1S/C18H20F3N3OS/c1-24(2)12-16(13-6-4-3-5-7-13)23-17(26)22-14-8-10-15(11-9-14)25-18(19,20)21/h3-11,16H,12H2,1-2H3,(H2,22,23,26)/t16-/m1/s1. The molecule has 0 spiro atoms. The minimum Gasteiger partial charge on any atom is -0.406 e. The van der Waals surface area contributed by atoms with Crippen LogP contribution < -0.4 is 15.4 Å². The Balaban J connectivity index is 1.99. The molecule has 0 heterocycles. The quantitative estimate of drug-likeness (QED) is 0.732. The number of hydrogen-bond acceptors (Lipinski definition) is 3. The smallest absolute Gasteiger partial charge is 0.406 e. The first kappa shape index (κ1) is 20.0. The van der Waals surface area contributed by atoms with Gasteiger partial charge in [0.2, 0.25) is 0 Å². The molecule has 0 fully saturated rings. The van der Waals surface area contributed by atoms with Gasteiger partial charge >= 0.3 is 6.36 Å². The molecule has 2 N–H and O–H groups in total. The lowest BCUT2D eigenvalue weighted by atomic mass is 10.1. The van der Waals surface area contributed by atoms with Crippen LogP contribution in [0.1, 0.15) is 11.6 Å². The number of ether oxygens (including phenoxy) is 1. The van der Waals surface area contributed by atoms with E-state index in [-0.39, 0.29) is 11.8 Å². The zero-order chi connectivity index (χ0) is 19.2.